The first-order valence-electron chi connectivity index (χ1n) is 7.06. The summed E-state index contributed by atoms with van der Waals surface area (Å²) in [5.41, 5.74) is 3.11. The molecule has 0 bridgehead atoms. The van der Waals surface area contributed by atoms with Crippen LogP contribution >= 0.6 is 23.6 Å². The number of benzene rings is 1. The third-order valence-corrected chi connectivity index (χ3v) is 4.92. The van der Waals surface area contributed by atoms with Crippen molar-refractivity contribution in [1.29, 1.82) is 0 Å². The maximum absolute atomic E-state index is 13.3. The Hall–Kier alpha value is -2.05. The molecule has 1 N–H and O–H groups in total. The number of carbonyl (C=O) groups is 1. The van der Waals surface area contributed by atoms with E-state index in [4.69, 9.17) is 12.2 Å². The molecule has 23 heavy (non-hydrogen) atoms. The molecule has 2 heterocycles. The van der Waals surface area contributed by atoms with Crippen molar-refractivity contribution >= 4 is 40.1 Å². The summed E-state index contributed by atoms with van der Waals surface area (Å²) in [6, 6.07) is 7.80. The zero-order chi connectivity index (χ0) is 16.6. The molecule has 0 saturated heterocycles. The zero-order valence-corrected chi connectivity index (χ0v) is 14.3. The number of rotatable bonds is 3. The fourth-order valence-corrected chi connectivity index (χ4v) is 3.62. The molecule has 0 radical (unpaired) electrons. The van der Waals surface area contributed by atoms with Crippen molar-refractivity contribution in [1.82, 2.24) is 10.2 Å². The molecule has 0 saturated carbocycles. The smallest absolute Gasteiger partial charge is 0.173 e. The molecule has 1 aromatic carbocycles. The number of ketones is 1. The van der Waals surface area contributed by atoms with Gasteiger partial charge in [0.1, 0.15) is 5.82 Å². The Morgan fingerprint density at radius 3 is 2.57 bits per heavy atom. The molecule has 6 heteroatoms. The topological polar surface area (TPSA) is 32.3 Å². The molecule has 118 valence electrons. The molecule has 1 aliphatic rings. The first-order chi connectivity index (χ1) is 11.0. The lowest BCUT2D eigenvalue weighted by Gasteiger charge is -2.36. The first kappa shape index (κ1) is 15.8. The highest BCUT2D eigenvalue weighted by molar-refractivity contribution is 7.80. The molecular formula is C17H15FN2OS2. The molecule has 0 unspecified atom stereocenters. The van der Waals surface area contributed by atoms with Crippen molar-refractivity contribution in [3.63, 3.8) is 0 Å². The highest BCUT2D eigenvalue weighted by Gasteiger charge is 2.33. The van der Waals surface area contributed by atoms with E-state index >= 15 is 0 Å². The van der Waals surface area contributed by atoms with Crippen molar-refractivity contribution in [3.05, 3.63) is 63.6 Å². The number of thiophene rings is 1. The van der Waals surface area contributed by atoms with Crippen LogP contribution in [0.2, 0.25) is 0 Å². The molecule has 0 aliphatic carbocycles. The summed E-state index contributed by atoms with van der Waals surface area (Å²) in [4.78, 5) is 14.1. The second-order valence-electron chi connectivity index (χ2n) is 5.32. The van der Waals surface area contributed by atoms with Crippen LogP contribution in [-0.2, 0) is 4.79 Å². The minimum atomic E-state index is -0.313. The number of Topliss-reactive ketones (excluding diaryl/α,β-unsaturated/α-hetero) is 1. The van der Waals surface area contributed by atoms with Crippen molar-refractivity contribution in [2.24, 2.45) is 0 Å². The van der Waals surface area contributed by atoms with E-state index in [-0.39, 0.29) is 17.6 Å². The summed E-state index contributed by atoms with van der Waals surface area (Å²) in [5, 5.41) is 7.72. The number of nitrogens with one attached hydrogen (secondary N) is 1. The van der Waals surface area contributed by atoms with Crippen LogP contribution in [0.4, 0.5) is 4.39 Å². The van der Waals surface area contributed by atoms with Crippen LogP contribution in [0.5, 0.6) is 0 Å². The maximum Gasteiger partial charge on any atom is 0.173 e. The Morgan fingerprint density at radius 1 is 1.30 bits per heavy atom. The van der Waals surface area contributed by atoms with Crippen LogP contribution < -0.4 is 5.32 Å². The van der Waals surface area contributed by atoms with Gasteiger partial charge in [-0.25, -0.2) is 4.39 Å². The molecule has 0 spiro atoms. The van der Waals surface area contributed by atoms with Gasteiger partial charge in [-0.2, -0.15) is 11.3 Å². The van der Waals surface area contributed by atoms with E-state index in [1.807, 2.05) is 16.8 Å². The third-order valence-electron chi connectivity index (χ3n) is 3.83. The van der Waals surface area contributed by atoms with Gasteiger partial charge in [-0.15, -0.1) is 0 Å². The number of hydrogen-bond acceptors (Lipinski definition) is 3. The minimum absolute atomic E-state index is 0.0395. The van der Waals surface area contributed by atoms with Crippen molar-refractivity contribution in [2.45, 2.75) is 13.0 Å². The van der Waals surface area contributed by atoms with Crippen LogP contribution in [0.3, 0.4) is 0 Å². The van der Waals surface area contributed by atoms with Gasteiger partial charge >= 0.3 is 0 Å². The summed E-state index contributed by atoms with van der Waals surface area (Å²) < 4.78 is 13.3. The molecule has 3 rings (SSSR count). The lowest BCUT2D eigenvalue weighted by Crippen LogP contribution is -2.45. The van der Waals surface area contributed by atoms with Gasteiger partial charge in [0.25, 0.3) is 0 Å². The second kappa shape index (κ2) is 6.22. The molecule has 0 amide bonds. The van der Waals surface area contributed by atoms with Crippen LogP contribution in [0.1, 0.15) is 24.1 Å². The Labute approximate surface area is 143 Å². The van der Waals surface area contributed by atoms with Crippen LogP contribution in [0.15, 0.2) is 46.7 Å². The largest absolute Gasteiger partial charge is 0.351 e. The predicted octanol–water partition coefficient (Wildman–Crippen LogP) is 3.75. The van der Waals surface area contributed by atoms with Gasteiger partial charge in [0.15, 0.2) is 10.9 Å². The zero-order valence-electron chi connectivity index (χ0n) is 12.7. The lowest BCUT2D eigenvalue weighted by atomic mass is 9.91. The highest BCUT2D eigenvalue weighted by Crippen LogP contribution is 2.36. The van der Waals surface area contributed by atoms with Crippen LogP contribution in [0, 0.1) is 5.82 Å². The van der Waals surface area contributed by atoms with E-state index in [9.17, 15) is 9.18 Å². The Morgan fingerprint density at radius 2 is 2.00 bits per heavy atom. The van der Waals surface area contributed by atoms with E-state index in [1.165, 1.54) is 12.1 Å². The molecule has 3 nitrogen and oxygen atoms in total. The van der Waals surface area contributed by atoms with Gasteiger partial charge in [-0.3, -0.25) is 4.79 Å². The average molecular weight is 346 g/mol. The molecule has 1 aliphatic heterocycles. The normalized spacial score (nSPS) is 18.1. The first-order valence-corrected chi connectivity index (χ1v) is 8.41. The standard InChI is InChI=1S/C17H15FN2OS2/c1-10(21)14-15(12-7-8-23-9-12)19-17(22)20(2)16(14)11-3-5-13(18)6-4-11/h3-9,15H,1-2H3,(H,19,22)/t15-/m1/s1. The van der Waals surface area contributed by atoms with Crippen molar-refractivity contribution in [3.8, 4) is 0 Å². The number of carbonyl (C=O) groups excluding carboxylic acids is 1. The number of halogens is 1. The van der Waals surface area contributed by atoms with E-state index < -0.39 is 0 Å². The Balaban J connectivity index is 2.22. The van der Waals surface area contributed by atoms with Crippen LogP contribution in [-0.4, -0.2) is 22.8 Å². The fourth-order valence-electron chi connectivity index (χ4n) is 2.73. The number of hydrogen-bond donors (Lipinski definition) is 1. The molecule has 2 aromatic rings. The molecule has 1 aromatic heterocycles. The van der Waals surface area contributed by atoms with Gasteiger partial charge < -0.3 is 10.2 Å². The minimum Gasteiger partial charge on any atom is -0.351 e. The van der Waals surface area contributed by atoms with Crippen LogP contribution in [0.25, 0.3) is 5.70 Å². The van der Waals surface area contributed by atoms with Gasteiger partial charge in [-0.05, 0) is 71.4 Å². The van der Waals surface area contributed by atoms with Gasteiger partial charge in [0.2, 0.25) is 0 Å². The van der Waals surface area contributed by atoms with Gasteiger partial charge in [-0.1, -0.05) is 0 Å². The Bertz CT molecular complexity index is 781. The highest BCUT2D eigenvalue weighted by atomic mass is 32.1. The summed E-state index contributed by atoms with van der Waals surface area (Å²) in [5.74, 6) is -0.352. The summed E-state index contributed by atoms with van der Waals surface area (Å²) in [6.07, 6.45) is 0. The van der Waals surface area contributed by atoms with Crippen molar-refractivity contribution < 1.29 is 9.18 Å². The molecule has 0 fully saturated rings. The summed E-state index contributed by atoms with van der Waals surface area (Å²) in [7, 11) is 1.81. The summed E-state index contributed by atoms with van der Waals surface area (Å²) in [6.45, 7) is 1.54. The quantitative estimate of drug-likeness (QED) is 0.858. The van der Waals surface area contributed by atoms with E-state index in [0.717, 1.165) is 16.8 Å². The Kier molecular flexibility index (Phi) is 4.28. The van der Waals surface area contributed by atoms with E-state index in [1.54, 1.807) is 42.3 Å². The van der Waals surface area contributed by atoms with Crippen molar-refractivity contribution in [2.75, 3.05) is 7.05 Å². The van der Waals surface area contributed by atoms with Gasteiger partial charge in [0.05, 0.1) is 11.7 Å². The fraction of sp³-hybridized carbons (Fsp3) is 0.176. The van der Waals surface area contributed by atoms with E-state index in [2.05, 4.69) is 5.32 Å². The molecular weight excluding hydrogens is 331 g/mol. The predicted molar refractivity (Wildman–Crippen MR) is 94.6 cm³/mol. The second-order valence-corrected chi connectivity index (χ2v) is 6.49. The maximum atomic E-state index is 13.3. The third kappa shape index (κ3) is 2.92. The number of nitrogens with zero attached hydrogens (tertiary/aromatic N) is 1. The number of thiocarbonyl (C=S) groups is 1. The monoisotopic (exact) mass is 346 g/mol. The van der Waals surface area contributed by atoms with Gasteiger partial charge in [0, 0.05) is 12.6 Å². The molecule has 1 atom stereocenters. The average Bonchev–Trinajstić information content (AvgIpc) is 3.04. The summed E-state index contributed by atoms with van der Waals surface area (Å²) >= 11 is 6.99. The van der Waals surface area contributed by atoms with E-state index in [0.29, 0.717) is 10.7 Å². The SMILES string of the molecule is CC(=O)C1=C(c2ccc(F)cc2)N(C)C(=S)N[C@@H]1c1ccsc1. The lowest BCUT2D eigenvalue weighted by molar-refractivity contribution is -0.113.